The van der Waals surface area contributed by atoms with Crippen molar-refractivity contribution in [1.82, 2.24) is 0 Å². The van der Waals surface area contributed by atoms with Gasteiger partial charge in [-0.05, 0) is 25.2 Å². The molecule has 0 aliphatic heterocycles. The van der Waals surface area contributed by atoms with Crippen LogP contribution in [0.3, 0.4) is 0 Å². The van der Waals surface area contributed by atoms with Crippen LogP contribution in [0.25, 0.3) is 0 Å². The summed E-state index contributed by atoms with van der Waals surface area (Å²) < 4.78 is 82.6. The van der Waals surface area contributed by atoms with Crippen LogP contribution in [0.4, 0.5) is 26.3 Å². The predicted molar refractivity (Wildman–Crippen MR) is 59.5 cm³/mol. The van der Waals surface area contributed by atoms with Crippen LogP contribution in [0.2, 0.25) is 0 Å². The Bertz CT molecular complexity index is 430. The highest BCUT2D eigenvalue weighted by atomic mass is 19.4. The molecule has 4 nitrogen and oxygen atoms in total. The summed E-state index contributed by atoms with van der Waals surface area (Å²) in [5, 5.41) is 0. The van der Waals surface area contributed by atoms with Crippen molar-refractivity contribution >= 4 is 11.9 Å². The maximum atomic E-state index is 12.4. The van der Waals surface area contributed by atoms with Gasteiger partial charge in [0.15, 0.2) is 5.41 Å². The van der Waals surface area contributed by atoms with Crippen molar-refractivity contribution in [3.63, 3.8) is 0 Å². The molecule has 0 N–H and O–H groups in total. The van der Waals surface area contributed by atoms with Gasteiger partial charge in [0.25, 0.3) is 6.10 Å². The van der Waals surface area contributed by atoms with Gasteiger partial charge >= 0.3 is 24.3 Å². The minimum Gasteiger partial charge on any atom is -0.468 e. The van der Waals surface area contributed by atoms with Gasteiger partial charge in [0.05, 0.1) is 7.11 Å². The SMILES string of the molecule is COC(=O)C1(C(=O)OC(C(F)(F)F)C(F)(F)F)CCC(C)C1. The molecule has 0 spiro atoms. The summed E-state index contributed by atoms with van der Waals surface area (Å²) in [4.78, 5) is 23.6. The monoisotopic (exact) mass is 336 g/mol. The van der Waals surface area contributed by atoms with E-state index in [2.05, 4.69) is 9.47 Å². The second-order valence-electron chi connectivity index (χ2n) is 5.29. The number of hydrogen-bond acceptors (Lipinski definition) is 4. The number of rotatable bonds is 3. The largest absolute Gasteiger partial charge is 0.468 e. The second kappa shape index (κ2) is 5.96. The maximum absolute atomic E-state index is 12.4. The molecule has 0 saturated heterocycles. The number of halogens is 6. The number of methoxy groups -OCH3 is 1. The highest BCUT2D eigenvalue weighted by molar-refractivity contribution is 6.00. The Kier molecular flexibility index (Phi) is 5.03. The van der Waals surface area contributed by atoms with Gasteiger partial charge < -0.3 is 9.47 Å². The second-order valence-corrected chi connectivity index (χ2v) is 5.29. The van der Waals surface area contributed by atoms with E-state index in [1.165, 1.54) is 0 Å². The van der Waals surface area contributed by atoms with Gasteiger partial charge in [0.2, 0.25) is 0 Å². The number of carbonyl (C=O) groups excluding carboxylic acids is 2. The van der Waals surface area contributed by atoms with Crippen molar-refractivity contribution in [3.05, 3.63) is 0 Å². The van der Waals surface area contributed by atoms with E-state index in [1.54, 1.807) is 6.92 Å². The van der Waals surface area contributed by atoms with Crippen molar-refractivity contribution in [3.8, 4) is 0 Å². The first-order valence-electron chi connectivity index (χ1n) is 6.27. The standard InChI is InChI=1S/C12H14F6O4/c1-6-3-4-10(5-6,8(19)21-2)9(20)22-7(11(13,14)15)12(16,17)18/h6-7H,3-5H2,1-2H3. The first-order valence-corrected chi connectivity index (χ1v) is 6.27. The fourth-order valence-corrected chi connectivity index (χ4v) is 2.48. The molecule has 0 aromatic carbocycles. The molecule has 1 aliphatic carbocycles. The third kappa shape index (κ3) is 3.64. The quantitative estimate of drug-likeness (QED) is 0.452. The van der Waals surface area contributed by atoms with Crippen LogP contribution in [0.15, 0.2) is 0 Å². The molecule has 0 aromatic heterocycles. The molecule has 2 atom stereocenters. The van der Waals surface area contributed by atoms with Gasteiger partial charge in [-0.15, -0.1) is 0 Å². The van der Waals surface area contributed by atoms with Gasteiger partial charge in [0.1, 0.15) is 0 Å². The van der Waals surface area contributed by atoms with Crippen molar-refractivity contribution in [2.45, 2.75) is 44.6 Å². The predicted octanol–water partition coefficient (Wildman–Crippen LogP) is 3.00. The molecule has 0 bridgehead atoms. The minimum absolute atomic E-state index is 0.220. The lowest BCUT2D eigenvalue weighted by molar-refractivity contribution is -0.315. The fourth-order valence-electron chi connectivity index (χ4n) is 2.48. The molecule has 0 radical (unpaired) electrons. The zero-order valence-corrected chi connectivity index (χ0v) is 11.7. The third-order valence-corrected chi connectivity index (χ3v) is 3.55. The molecular weight excluding hydrogens is 322 g/mol. The van der Waals surface area contributed by atoms with E-state index >= 15 is 0 Å². The van der Waals surface area contributed by atoms with Gasteiger partial charge in [-0.2, -0.15) is 26.3 Å². The number of alkyl halides is 6. The molecule has 0 amide bonds. The molecular formula is C12H14F6O4. The first-order chi connectivity index (χ1) is 9.84. The van der Waals surface area contributed by atoms with E-state index in [4.69, 9.17) is 0 Å². The van der Waals surface area contributed by atoms with Gasteiger partial charge in [-0.3, -0.25) is 9.59 Å². The van der Waals surface area contributed by atoms with E-state index in [-0.39, 0.29) is 25.2 Å². The van der Waals surface area contributed by atoms with Crippen LogP contribution in [-0.2, 0) is 19.1 Å². The Morgan fingerprint density at radius 2 is 1.59 bits per heavy atom. The lowest BCUT2D eigenvalue weighted by atomic mass is 9.85. The van der Waals surface area contributed by atoms with Crippen molar-refractivity contribution in [2.75, 3.05) is 7.11 Å². The molecule has 1 rings (SSSR count). The summed E-state index contributed by atoms with van der Waals surface area (Å²) in [6, 6.07) is 0. The van der Waals surface area contributed by atoms with E-state index in [0.717, 1.165) is 7.11 Å². The molecule has 10 heteroatoms. The van der Waals surface area contributed by atoms with E-state index in [0.29, 0.717) is 0 Å². The fraction of sp³-hybridized carbons (Fsp3) is 0.833. The number of hydrogen-bond donors (Lipinski definition) is 0. The summed E-state index contributed by atoms with van der Waals surface area (Å²) in [7, 11) is 0.894. The molecule has 0 heterocycles. The van der Waals surface area contributed by atoms with Crippen LogP contribution >= 0.6 is 0 Å². The van der Waals surface area contributed by atoms with Crippen LogP contribution in [0.5, 0.6) is 0 Å². The van der Waals surface area contributed by atoms with E-state index in [1.807, 2.05) is 0 Å². The van der Waals surface area contributed by atoms with Gasteiger partial charge in [-0.1, -0.05) is 6.92 Å². The lowest BCUT2D eigenvalue weighted by Crippen LogP contribution is -2.50. The molecule has 22 heavy (non-hydrogen) atoms. The highest BCUT2D eigenvalue weighted by Crippen LogP contribution is 2.45. The summed E-state index contributed by atoms with van der Waals surface area (Å²) in [5.74, 6) is -3.28. The topological polar surface area (TPSA) is 52.6 Å². The average molecular weight is 336 g/mol. The Morgan fingerprint density at radius 3 is 1.91 bits per heavy atom. The third-order valence-electron chi connectivity index (χ3n) is 3.55. The summed E-state index contributed by atoms with van der Waals surface area (Å²) in [5.41, 5.74) is -2.12. The van der Waals surface area contributed by atoms with Gasteiger partial charge in [0, 0.05) is 0 Å². The van der Waals surface area contributed by atoms with Crippen LogP contribution in [0.1, 0.15) is 26.2 Å². The number of ether oxygens (including phenoxy) is 2. The van der Waals surface area contributed by atoms with Gasteiger partial charge in [-0.25, -0.2) is 0 Å². The van der Waals surface area contributed by atoms with Crippen molar-refractivity contribution < 1.29 is 45.4 Å². The number of carbonyl (C=O) groups is 2. The molecule has 128 valence electrons. The number of esters is 2. The first kappa shape index (κ1) is 18.6. The van der Waals surface area contributed by atoms with E-state index < -0.39 is 35.8 Å². The molecule has 0 aromatic rings. The summed E-state index contributed by atoms with van der Waals surface area (Å²) >= 11 is 0. The van der Waals surface area contributed by atoms with Crippen LogP contribution < -0.4 is 0 Å². The Labute approximate surface area is 121 Å². The zero-order valence-electron chi connectivity index (χ0n) is 11.7. The molecule has 1 saturated carbocycles. The molecule has 1 fully saturated rings. The Balaban J connectivity index is 3.08. The van der Waals surface area contributed by atoms with Crippen molar-refractivity contribution in [1.29, 1.82) is 0 Å². The smallest absolute Gasteiger partial charge is 0.434 e. The average Bonchev–Trinajstić information content (AvgIpc) is 2.75. The van der Waals surface area contributed by atoms with Crippen LogP contribution in [0, 0.1) is 11.3 Å². The zero-order chi connectivity index (χ0) is 17.3. The highest BCUT2D eigenvalue weighted by Gasteiger charge is 2.62. The molecule has 2 unspecified atom stereocenters. The Hall–Kier alpha value is -1.48. The van der Waals surface area contributed by atoms with E-state index in [9.17, 15) is 35.9 Å². The minimum atomic E-state index is -5.82. The lowest BCUT2D eigenvalue weighted by Gasteiger charge is -2.29. The summed E-state index contributed by atoms with van der Waals surface area (Å²) in [6.07, 6.45) is -16.1. The molecule has 1 aliphatic rings. The Morgan fingerprint density at radius 1 is 1.09 bits per heavy atom. The van der Waals surface area contributed by atoms with Crippen molar-refractivity contribution in [2.24, 2.45) is 11.3 Å². The maximum Gasteiger partial charge on any atom is 0.434 e. The summed E-state index contributed by atoms with van der Waals surface area (Å²) in [6.45, 7) is 1.61. The normalized spacial score (nSPS) is 26.1. The van der Waals surface area contributed by atoms with Crippen LogP contribution in [-0.4, -0.2) is 37.5 Å².